The lowest BCUT2D eigenvalue weighted by Crippen LogP contribution is -2.52. The van der Waals surface area contributed by atoms with Crippen molar-refractivity contribution in [2.75, 3.05) is 32.4 Å². The molecule has 3 atom stereocenters. The average Bonchev–Trinajstić information content (AvgIpc) is 3.94. The fraction of sp³-hybridized carbons (Fsp3) is 0.295. The van der Waals surface area contributed by atoms with Crippen LogP contribution in [0.4, 0.5) is 18.4 Å². The zero-order chi connectivity index (χ0) is 40.2. The molecule has 0 radical (unpaired) electrons. The quantitative estimate of drug-likeness (QED) is 0.144. The van der Waals surface area contributed by atoms with Crippen LogP contribution in [0.3, 0.4) is 0 Å². The number of benzene rings is 4. The number of ether oxygens (including phenoxy) is 1. The van der Waals surface area contributed by atoms with Crippen LogP contribution in [0.2, 0.25) is 0 Å². The maximum absolute atomic E-state index is 17.5. The summed E-state index contributed by atoms with van der Waals surface area (Å²) < 4.78 is 39.8. The Bertz CT molecular complexity index is 2700. The van der Waals surface area contributed by atoms with E-state index in [0.717, 1.165) is 22.0 Å². The summed E-state index contributed by atoms with van der Waals surface area (Å²) in [5, 5.41) is 22.9. The van der Waals surface area contributed by atoms with Crippen LogP contribution in [0.1, 0.15) is 35.7 Å². The Hall–Kier alpha value is -6.20. The number of hydrogen-bond donors (Lipinski definition) is 1. The van der Waals surface area contributed by atoms with Crippen LogP contribution < -0.4 is 0 Å². The van der Waals surface area contributed by atoms with Gasteiger partial charge in [-0.2, -0.15) is 5.26 Å². The number of halogens is 2. The van der Waals surface area contributed by atoms with Gasteiger partial charge in [-0.3, -0.25) is 9.69 Å². The molecule has 10 rings (SSSR count). The van der Waals surface area contributed by atoms with E-state index in [1.54, 1.807) is 23.1 Å². The van der Waals surface area contributed by atoms with Crippen molar-refractivity contribution >= 4 is 62.4 Å². The van der Waals surface area contributed by atoms with Gasteiger partial charge in [0.05, 0.1) is 30.2 Å². The van der Waals surface area contributed by atoms with Crippen LogP contribution in [0.5, 0.6) is 0 Å². The second-order valence-corrected chi connectivity index (χ2v) is 15.9. The monoisotopic (exact) mass is 800 g/mol. The summed E-state index contributed by atoms with van der Waals surface area (Å²) in [6.45, 7) is 0.957. The first-order valence-electron chi connectivity index (χ1n) is 19.2. The molecule has 4 fully saturated rings. The van der Waals surface area contributed by atoms with E-state index in [0.29, 0.717) is 45.4 Å². The molecule has 3 saturated heterocycles. The first-order chi connectivity index (χ1) is 28.1. The van der Waals surface area contributed by atoms with Gasteiger partial charge >= 0.3 is 12.2 Å². The summed E-state index contributed by atoms with van der Waals surface area (Å²) in [4.78, 5) is 48.5. The first-order valence-corrected chi connectivity index (χ1v) is 20.4. The van der Waals surface area contributed by atoms with E-state index >= 15 is 4.39 Å². The predicted octanol–water partition coefficient (Wildman–Crippen LogP) is 8.37. The number of hydrogen-bond acceptors (Lipinski definition) is 7. The Morgan fingerprint density at radius 1 is 1.02 bits per heavy atom. The van der Waals surface area contributed by atoms with E-state index < -0.39 is 23.8 Å². The van der Waals surface area contributed by atoms with Gasteiger partial charge in [-0.25, -0.2) is 23.4 Å². The highest BCUT2D eigenvalue weighted by atomic mass is 32.2. The Morgan fingerprint density at radius 2 is 1.84 bits per heavy atom. The molecular formula is C44H38F2N6O5S. The number of aryl methyl sites for hydroxylation is 1. The summed E-state index contributed by atoms with van der Waals surface area (Å²) in [6.07, 6.45) is 1.29. The molecular weight excluding hydrogens is 763 g/mol. The van der Waals surface area contributed by atoms with Crippen LogP contribution >= 0.6 is 11.8 Å². The number of carbonyl (C=O) groups excluding carboxylic acids is 2. The summed E-state index contributed by atoms with van der Waals surface area (Å²) >= 11 is 1.35. The van der Waals surface area contributed by atoms with Gasteiger partial charge in [0.1, 0.15) is 29.5 Å². The molecule has 5 heterocycles. The van der Waals surface area contributed by atoms with Crippen molar-refractivity contribution in [3.8, 4) is 17.2 Å². The topological polar surface area (TPSA) is 132 Å². The fourth-order valence-electron chi connectivity index (χ4n) is 9.15. The molecule has 1 N–H and O–H groups in total. The van der Waals surface area contributed by atoms with Crippen molar-refractivity contribution in [1.82, 2.24) is 24.3 Å². The van der Waals surface area contributed by atoms with E-state index in [9.17, 15) is 29.1 Å². The van der Waals surface area contributed by atoms with Gasteiger partial charge in [0.15, 0.2) is 5.82 Å². The van der Waals surface area contributed by atoms with E-state index in [4.69, 9.17) is 9.72 Å². The fourth-order valence-corrected chi connectivity index (χ4v) is 9.71. The summed E-state index contributed by atoms with van der Waals surface area (Å²) in [5.74, 6) is -1.32. The van der Waals surface area contributed by atoms with Crippen molar-refractivity contribution in [2.24, 2.45) is 5.92 Å². The number of piperazine rings is 1. The predicted molar refractivity (Wildman–Crippen MR) is 215 cm³/mol. The molecule has 4 aliphatic rings. The summed E-state index contributed by atoms with van der Waals surface area (Å²) in [5.41, 5.74) is 3.67. The first kappa shape index (κ1) is 37.4. The van der Waals surface area contributed by atoms with Crippen LogP contribution in [0.25, 0.3) is 43.7 Å². The third-order valence-corrected chi connectivity index (χ3v) is 12.6. The second-order valence-electron chi connectivity index (χ2n) is 15.1. The lowest BCUT2D eigenvalue weighted by atomic mass is 9.79. The van der Waals surface area contributed by atoms with E-state index in [1.807, 2.05) is 54.8 Å². The minimum Gasteiger partial charge on any atom is -0.465 e. The number of carboxylic acid groups (broad SMARTS) is 1. The van der Waals surface area contributed by atoms with Crippen LogP contribution in [0.15, 0.2) is 83.9 Å². The van der Waals surface area contributed by atoms with Gasteiger partial charge in [0.25, 0.3) is 0 Å². The summed E-state index contributed by atoms with van der Waals surface area (Å²) in [6, 6.07) is 24.5. The minimum absolute atomic E-state index is 0.00362. The maximum Gasteiger partial charge on any atom is 0.410 e. The highest BCUT2D eigenvalue weighted by molar-refractivity contribution is 7.98. The lowest BCUT2D eigenvalue weighted by Gasteiger charge is -2.40. The van der Waals surface area contributed by atoms with Crippen molar-refractivity contribution in [3.05, 3.63) is 107 Å². The minimum atomic E-state index is -1.00. The smallest absolute Gasteiger partial charge is 0.410 e. The molecule has 58 heavy (non-hydrogen) atoms. The standard InChI is InChI=1S/C44H38F2N6O5S/c1-58-42-34-20-30(22-49-15-16-50(23-36(49)53)44(56)57-24-25-7-3-2-4-8-25)52(40-28-18-35(40)51(21-28)43(54)55)41(34)33-17-27(10-6-14-47)37(38(46)39(33)48-42)31-11-5-9-26-12-13-29(45)19-32(26)31/h2-5,7-9,11-13,17,19-20,28,35,40H,6,10,15-16,18,21-24H2,1H3,(H,54,55)/t28-,35-,40+/m1/s1. The number of fused-ring (bicyclic) bond motifs is 5. The van der Waals surface area contributed by atoms with Crippen molar-refractivity contribution in [2.45, 2.75) is 49.5 Å². The van der Waals surface area contributed by atoms with Crippen LogP contribution in [-0.2, 0) is 29.1 Å². The number of nitriles is 1. The molecule has 14 heteroatoms. The van der Waals surface area contributed by atoms with Crippen LogP contribution in [0, 0.1) is 28.9 Å². The molecule has 6 aromatic rings. The normalized spacial score (nSPS) is 18.9. The van der Waals surface area contributed by atoms with Gasteiger partial charge < -0.3 is 24.2 Å². The average molecular weight is 801 g/mol. The van der Waals surface area contributed by atoms with Gasteiger partial charge in [-0.1, -0.05) is 54.6 Å². The van der Waals surface area contributed by atoms with E-state index in [-0.39, 0.29) is 80.6 Å². The molecule has 0 unspecified atom stereocenters. The highest BCUT2D eigenvalue weighted by Gasteiger charge is 2.55. The molecule has 0 spiro atoms. The molecule has 1 aliphatic carbocycles. The maximum atomic E-state index is 17.5. The molecule has 3 amide bonds. The van der Waals surface area contributed by atoms with Gasteiger partial charge in [0.2, 0.25) is 5.91 Å². The number of amides is 3. The molecule has 2 bridgehead atoms. The number of aromatic nitrogens is 2. The number of nitrogens with zero attached hydrogens (tertiary/aromatic N) is 6. The molecule has 294 valence electrons. The SMILES string of the molecule is CSc1nc2c(F)c(-c3cccc4ccc(F)cc34)c(CCC#N)cc2c2c1cc(CN1CCN(C(=O)OCc3ccccc3)CC1=O)n2[C@H]1[C@@H]2C[C@H]1N(C(=O)O)C2. The Balaban J connectivity index is 1.16. The van der Waals surface area contributed by atoms with Gasteiger partial charge in [-0.15, -0.1) is 11.8 Å². The number of thioether (sulfide) groups is 1. The summed E-state index contributed by atoms with van der Waals surface area (Å²) in [7, 11) is 0. The van der Waals surface area contributed by atoms with Crippen molar-refractivity contribution in [3.63, 3.8) is 0 Å². The number of carbonyl (C=O) groups is 3. The molecule has 11 nitrogen and oxygen atoms in total. The molecule has 3 aliphatic heterocycles. The molecule has 4 aromatic carbocycles. The highest BCUT2D eigenvalue weighted by Crippen LogP contribution is 2.53. The van der Waals surface area contributed by atoms with Gasteiger partial charge in [0, 0.05) is 54.0 Å². The van der Waals surface area contributed by atoms with Gasteiger partial charge in [-0.05, 0) is 70.8 Å². The van der Waals surface area contributed by atoms with E-state index in [1.165, 1.54) is 33.7 Å². The van der Waals surface area contributed by atoms with Crippen molar-refractivity contribution < 1.29 is 33.0 Å². The Morgan fingerprint density at radius 3 is 2.59 bits per heavy atom. The molecule has 1 saturated carbocycles. The number of rotatable bonds is 9. The molecule has 2 aromatic heterocycles. The number of pyridine rings is 1. The zero-order valence-electron chi connectivity index (χ0n) is 31.5. The van der Waals surface area contributed by atoms with Crippen LogP contribution in [-0.4, -0.2) is 85.9 Å². The van der Waals surface area contributed by atoms with Crippen molar-refractivity contribution in [1.29, 1.82) is 5.26 Å². The van der Waals surface area contributed by atoms with E-state index in [2.05, 4.69) is 10.6 Å². The third-order valence-electron chi connectivity index (χ3n) is 11.9. The zero-order valence-corrected chi connectivity index (χ0v) is 32.3. The Labute approximate surface area is 336 Å². The lowest BCUT2D eigenvalue weighted by molar-refractivity contribution is -0.136. The third kappa shape index (κ3) is 6.34. The second kappa shape index (κ2) is 14.9. The Kier molecular flexibility index (Phi) is 9.64. The largest absolute Gasteiger partial charge is 0.465 e.